The standard InChI is InChI=1S/C18H16O5S/c1-2-23-18(22)16(10-9-15(19)17(20)21)24-14-8-7-12-5-3-4-6-13(12)11-14/h3-11,19H,2H2,1H3,(H,20,21). The van der Waals surface area contributed by atoms with Gasteiger partial charge in [0.2, 0.25) is 5.76 Å². The van der Waals surface area contributed by atoms with Crippen LogP contribution in [-0.2, 0) is 14.3 Å². The number of hydrogen-bond donors (Lipinski definition) is 2. The van der Waals surface area contributed by atoms with Crippen LogP contribution < -0.4 is 0 Å². The molecule has 0 saturated carbocycles. The van der Waals surface area contributed by atoms with Gasteiger partial charge in [-0.1, -0.05) is 42.1 Å². The zero-order valence-electron chi connectivity index (χ0n) is 12.9. The zero-order valence-corrected chi connectivity index (χ0v) is 13.7. The molecular formula is C18H16O5S. The summed E-state index contributed by atoms with van der Waals surface area (Å²) in [5, 5.41) is 20.0. The second-order valence-electron chi connectivity index (χ2n) is 4.72. The van der Waals surface area contributed by atoms with E-state index in [0.717, 1.165) is 33.5 Å². The first-order chi connectivity index (χ1) is 11.5. The van der Waals surface area contributed by atoms with E-state index in [4.69, 9.17) is 9.84 Å². The molecule has 0 aromatic heterocycles. The van der Waals surface area contributed by atoms with Crippen LogP contribution in [0.2, 0.25) is 0 Å². The molecule has 0 bridgehead atoms. The number of carbonyl (C=O) groups is 2. The molecule has 0 aliphatic carbocycles. The van der Waals surface area contributed by atoms with Crippen LogP contribution >= 0.6 is 11.8 Å². The van der Waals surface area contributed by atoms with Crippen LogP contribution in [0.25, 0.3) is 10.8 Å². The Morgan fingerprint density at radius 2 is 1.79 bits per heavy atom. The largest absolute Gasteiger partial charge is 0.502 e. The van der Waals surface area contributed by atoms with E-state index in [-0.39, 0.29) is 11.5 Å². The summed E-state index contributed by atoms with van der Waals surface area (Å²) in [6, 6.07) is 13.5. The zero-order chi connectivity index (χ0) is 17.5. The summed E-state index contributed by atoms with van der Waals surface area (Å²) in [4.78, 5) is 23.6. The minimum Gasteiger partial charge on any atom is -0.502 e. The fourth-order valence-electron chi connectivity index (χ4n) is 1.93. The molecule has 24 heavy (non-hydrogen) atoms. The van der Waals surface area contributed by atoms with Crippen molar-refractivity contribution in [3.8, 4) is 0 Å². The lowest BCUT2D eigenvalue weighted by molar-refractivity contribution is -0.138. The number of ether oxygens (including phenoxy) is 1. The molecule has 5 nitrogen and oxygen atoms in total. The van der Waals surface area contributed by atoms with E-state index in [1.165, 1.54) is 6.08 Å². The molecule has 0 atom stereocenters. The Labute approximate surface area is 143 Å². The molecule has 2 aromatic carbocycles. The van der Waals surface area contributed by atoms with Crippen LogP contribution in [0.3, 0.4) is 0 Å². The van der Waals surface area contributed by atoms with Crippen LogP contribution in [0.4, 0.5) is 0 Å². The summed E-state index contributed by atoms with van der Waals surface area (Å²) >= 11 is 1.14. The molecular weight excluding hydrogens is 328 g/mol. The van der Waals surface area contributed by atoms with Gasteiger partial charge in [-0.2, -0.15) is 0 Å². The number of thioether (sulfide) groups is 1. The smallest absolute Gasteiger partial charge is 0.370 e. The number of esters is 1. The molecule has 0 saturated heterocycles. The highest BCUT2D eigenvalue weighted by Crippen LogP contribution is 2.30. The number of hydrogen-bond acceptors (Lipinski definition) is 5. The maximum absolute atomic E-state index is 12.0. The van der Waals surface area contributed by atoms with Crippen LogP contribution in [0.1, 0.15) is 6.92 Å². The average molecular weight is 344 g/mol. The number of benzene rings is 2. The van der Waals surface area contributed by atoms with Crippen molar-refractivity contribution < 1.29 is 24.5 Å². The Hall–Kier alpha value is -2.73. The van der Waals surface area contributed by atoms with E-state index in [0.29, 0.717) is 0 Å². The second kappa shape index (κ2) is 8.21. The lowest BCUT2D eigenvalue weighted by Crippen LogP contribution is -2.05. The molecule has 2 aromatic rings. The fourth-order valence-corrected chi connectivity index (χ4v) is 2.78. The lowest BCUT2D eigenvalue weighted by Gasteiger charge is -2.07. The minimum atomic E-state index is -1.47. The Kier molecular flexibility index (Phi) is 6.03. The number of aliphatic hydroxyl groups is 1. The van der Waals surface area contributed by atoms with Crippen LogP contribution in [0.15, 0.2) is 70.2 Å². The molecule has 2 N–H and O–H groups in total. The normalized spacial score (nSPS) is 12.2. The summed E-state index contributed by atoms with van der Waals surface area (Å²) in [5.41, 5.74) is 0. The number of fused-ring (bicyclic) bond motifs is 1. The molecule has 0 unspecified atom stereocenters. The summed E-state index contributed by atoms with van der Waals surface area (Å²) in [6.45, 7) is 1.88. The number of aliphatic carboxylic acids is 1. The van der Waals surface area contributed by atoms with Gasteiger partial charge >= 0.3 is 11.9 Å². The second-order valence-corrected chi connectivity index (χ2v) is 5.83. The highest BCUT2D eigenvalue weighted by Gasteiger charge is 2.13. The van der Waals surface area contributed by atoms with Crippen molar-refractivity contribution in [3.05, 3.63) is 65.3 Å². The van der Waals surface area contributed by atoms with Gasteiger partial charge in [-0.15, -0.1) is 0 Å². The van der Waals surface area contributed by atoms with Crippen molar-refractivity contribution >= 4 is 34.5 Å². The van der Waals surface area contributed by atoms with Gasteiger partial charge in [0.05, 0.1) is 11.5 Å². The first-order valence-corrected chi connectivity index (χ1v) is 8.01. The van der Waals surface area contributed by atoms with Gasteiger partial charge in [-0.25, -0.2) is 9.59 Å². The first-order valence-electron chi connectivity index (χ1n) is 7.19. The topological polar surface area (TPSA) is 83.8 Å². The lowest BCUT2D eigenvalue weighted by atomic mass is 10.1. The molecule has 0 aliphatic rings. The number of carboxylic acid groups (broad SMARTS) is 1. The number of allylic oxidation sites excluding steroid dienone is 2. The summed E-state index contributed by atoms with van der Waals surface area (Å²) in [6.07, 6.45) is 2.20. The van der Waals surface area contributed by atoms with E-state index in [1.54, 1.807) is 6.92 Å². The number of aliphatic hydroxyl groups excluding tert-OH is 1. The summed E-state index contributed by atoms with van der Waals surface area (Å²) < 4.78 is 4.97. The maximum atomic E-state index is 12.0. The maximum Gasteiger partial charge on any atom is 0.370 e. The van der Waals surface area contributed by atoms with Crippen LogP contribution in [0.5, 0.6) is 0 Å². The van der Waals surface area contributed by atoms with Gasteiger partial charge in [0, 0.05) is 4.90 Å². The molecule has 0 heterocycles. The molecule has 0 radical (unpaired) electrons. The highest BCUT2D eigenvalue weighted by atomic mass is 32.2. The minimum absolute atomic E-state index is 0.180. The van der Waals surface area contributed by atoms with Crippen molar-refractivity contribution in [3.63, 3.8) is 0 Å². The predicted molar refractivity (Wildman–Crippen MR) is 92.9 cm³/mol. The molecule has 0 aliphatic heterocycles. The molecule has 124 valence electrons. The van der Waals surface area contributed by atoms with Crippen molar-refractivity contribution in [1.29, 1.82) is 0 Å². The van der Waals surface area contributed by atoms with Crippen molar-refractivity contribution in [2.24, 2.45) is 0 Å². The summed E-state index contributed by atoms with van der Waals surface area (Å²) in [7, 11) is 0. The van der Waals surface area contributed by atoms with Gasteiger partial charge in [0.15, 0.2) is 0 Å². The molecule has 0 fully saturated rings. The Morgan fingerprint density at radius 3 is 2.46 bits per heavy atom. The fraction of sp³-hybridized carbons (Fsp3) is 0.111. The average Bonchev–Trinajstić information content (AvgIpc) is 2.58. The van der Waals surface area contributed by atoms with Gasteiger partial charge in [0.25, 0.3) is 0 Å². The Morgan fingerprint density at radius 1 is 1.08 bits per heavy atom. The van der Waals surface area contributed by atoms with Crippen molar-refractivity contribution in [2.75, 3.05) is 6.61 Å². The molecule has 2 rings (SSSR count). The molecule has 6 heteroatoms. The summed E-state index contributed by atoms with van der Waals surface area (Å²) in [5.74, 6) is -2.90. The number of rotatable bonds is 6. The van der Waals surface area contributed by atoms with E-state index in [1.807, 2.05) is 42.5 Å². The quantitative estimate of drug-likeness (QED) is 0.272. The van der Waals surface area contributed by atoms with E-state index in [9.17, 15) is 14.7 Å². The SMILES string of the molecule is CCOC(=O)C(=CC=C(O)C(=O)O)Sc1ccc2ccccc2c1. The van der Waals surface area contributed by atoms with Crippen LogP contribution in [0, 0.1) is 0 Å². The van der Waals surface area contributed by atoms with Gasteiger partial charge in [-0.05, 0) is 42.0 Å². The van der Waals surface area contributed by atoms with Crippen molar-refractivity contribution in [2.45, 2.75) is 11.8 Å². The van der Waals surface area contributed by atoms with E-state index in [2.05, 4.69) is 0 Å². The first kappa shape index (κ1) is 17.6. The number of carbonyl (C=O) groups excluding carboxylic acids is 1. The molecule has 0 amide bonds. The van der Waals surface area contributed by atoms with Crippen LogP contribution in [-0.4, -0.2) is 28.8 Å². The third kappa shape index (κ3) is 4.63. The van der Waals surface area contributed by atoms with Gasteiger partial charge in [0.1, 0.15) is 0 Å². The Bertz CT molecular complexity index is 823. The third-order valence-electron chi connectivity index (χ3n) is 3.04. The predicted octanol–water partition coefficient (Wildman–Crippen LogP) is 3.91. The van der Waals surface area contributed by atoms with E-state index >= 15 is 0 Å². The highest BCUT2D eigenvalue weighted by molar-refractivity contribution is 8.04. The Balaban J connectivity index is 2.32. The molecule has 0 spiro atoms. The van der Waals surface area contributed by atoms with Gasteiger partial charge in [-0.3, -0.25) is 0 Å². The van der Waals surface area contributed by atoms with Gasteiger partial charge < -0.3 is 14.9 Å². The van der Waals surface area contributed by atoms with Crippen molar-refractivity contribution in [1.82, 2.24) is 0 Å². The number of carboxylic acids is 1. The third-order valence-corrected chi connectivity index (χ3v) is 4.05. The monoisotopic (exact) mass is 344 g/mol. The van der Waals surface area contributed by atoms with E-state index < -0.39 is 17.7 Å².